The highest BCUT2D eigenvalue weighted by Gasteiger charge is 2.28. The number of nitrogens with one attached hydrogen (secondary N) is 1. The first kappa shape index (κ1) is 17.7. The molecule has 1 saturated heterocycles. The average molecular weight is 340 g/mol. The van der Waals surface area contributed by atoms with Gasteiger partial charge in [-0.3, -0.25) is 9.52 Å². The molecule has 1 heterocycles. The number of rotatable bonds is 5. The zero-order valence-corrected chi connectivity index (χ0v) is 14.6. The molecule has 1 fully saturated rings. The van der Waals surface area contributed by atoms with Crippen molar-refractivity contribution in [1.29, 1.82) is 0 Å². The number of aryl methyl sites for hydroxylation is 1. The monoisotopic (exact) mass is 340 g/mol. The summed E-state index contributed by atoms with van der Waals surface area (Å²) in [5.74, 6) is -0.969. The first-order valence-electron chi connectivity index (χ1n) is 7.74. The lowest BCUT2D eigenvalue weighted by Gasteiger charge is -2.32. The van der Waals surface area contributed by atoms with Gasteiger partial charge in [0.15, 0.2) is 0 Å². The number of ether oxygens (including phenoxy) is 1. The summed E-state index contributed by atoms with van der Waals surface area (Å²) >= 11 is 0. The first-order valence-corrected chi connectivity index (χ1v) is 9.39. The van der Waals surface area contributed by atoms with E-state index in [2.05, 4.69) is 4.72 Å². The van der Waals surface area contributed by atoms with Crippen LogP contribution in [0.2, 0.25) is 0 Å². The van der Waals surface area contributed by atoms with Gasteiger partial charge < -0.3 is 9.64 Å². The lowest BCUT2D eigenvalue weighted by atomic mass is 10.1. The minimum absolute atomic E-state index is 0.0119. The number of hydrogen-bond acceptors (Lipinski definition) is 4. The number of hydrogen-bond donors (Lipinski definition) is 1. The van der Waals surface area contributed by atoms with Crippen LogP contribution < -0.4 is 4.72 Å². The van der Waals surface area contributed by atoms with Gasteiger partial charge in [0.1, 0.15) is 0 Å². The van der Waals surface area contributed by atoms with E-state index in [-0.39, 0.29) is 17.8 Å². The summed E-state index contributed by atoms with van der Waals surface area (Å²) in [6.07, 6.45) is -0.0119. The molecule has 0 aromatic heterocycles. The highest BCUT2D eigenvalue weighted by atomic mass is 32.2. The van der Waals surface area contributed by atoms with Crippen LogP contribution in [0.5, 0.6) is 0 Å². The molecule has 7 heteroatoms. The fourth-order valence-corrected chi connectivity index (χ4v) is 3.95. The van der Waals surface area contributed by atoms with E-state index in [9.17, 15) is 13.2 Å². The third kappa shape index (κ3) is 5.21. The Labute approximate surface area is 137 Å². The summed E-state index contributed by atoms with van der Waals surface area (Å²) in [5, 5.41) is 0. The van der Waals surface area contributed by atoms with Crippen LogP contribution in [0.3, 0.4) is 0 Å². The van der Waals surface area contributed by atoms with E-state index in [1.807, 2.05) is 26.0 Å². The molecule has 1 aliphatic heterocycles. The minimum Gasteiger partial charge on any atom is -0.375 e. The maximum absolute atomic E-state index is 12.4. The van der Waals surface area contributed by atoms with Crippen molar-refractivity contribution in [2.75, 3.05) is 30.2 Å². The van der Waals surface area contributed by atoms with Gasteiger partial charge in [-0.15, -0.1) is 0 Å². The molecule has 0 radical (unpaired) electrons. The van der Waals surface area contributed by atoms with E-state index in [0.29, 0.717) is 25.4 Å². The van der Waals surface area contributed by atoms with E-state index in [1.54, 1.807) is 24.0 Å². The molecule has 0 aliphatic carbocycles. The Morgan fingerprint density at radius 2 is 2.04 bits per heavy atom. The van der Waals surface area contributed by atoms with Crippen molar-refractivity contribution in [2.45, 2.75) is 26.9 Å². The molecule has 0 saturated carbocycles. The third-order valence-corrected chi connectivity index (χ3v) is 5.25. The Balaban J connectivity index is 1.96. The van der Waals surface area contributed by atoms with Crippen LogP contribution in [-0.2, 0) is 19.6 Å². The molecule has 1 aromatic carbocycles. The summed E-state index contributed by atoms with van der Waals surface area (Å²) in [7, 11) is -3.57. The summed E-state index contributed by atoms with van der Waals surface area (Å²) in [6.45, 7) is 7.00. The van der Waals surface area contributed by atoms with Crippen molar-refractivity contribution < 1.29 is 17.9 Å². The summed E-state index contributed by atoms with van der Waals surface area (Å²) in [5.41, 5.74) is 1.56. The van der Waals surface area contributed by atoms with Gasteiger partial charge in [0.05, 0.1) is 24.4 Å². The zero-order chi connectivity index (χ0) is 17.0. The number of anilines is 1. The van der Waals surface area contributed by atoms with Crippen molar-refractivity contribution in [1.82, 2.24) is 4.90 Å². The van der Waals surface area contributed by atoms with Crippen molar-refractivity contribution in [3.8, 4) is 0 Å². The number of benzene rings is 1. The van der Waals surface area contributed by atoms with Gasteiger partial charge in [-0.05, 0) is 26.0 Å². The Bertz CT molecular complexity index is 643. The van der Waals surface area contributed by atoms with Crippen molar-refractivity contribution in [3.63, 3.8) is 0 Å². The Kier molecular flexibility index (Phi) is 5.64. The van der Waals surface area contributed by atoms with Crippen LogP contribution in [0.15, 0.2) is 24.3 Å². The van der Waals surface area contributed by atoms with Crippen molar-refractivity contribution in [3.05, 3.63) is 29.8 Å². The van der Waals surface area contributed by atoms with Crippen LogP contribution in [0.25, 0.3) is 0 Å². The molecule has 0 bridgehead atoms. The van der Waals surface area contributed by atoms with E-state index in [0.717, 1.165) is 5.56 Å². The molecular weight excluding hydrogens is 316 g/mol. The summed E-state index contributed by atoms with van der Waals surface area (Å²) in [4.78, 5) is 14.1. The Hall–Kier alpha value is -1.60. The molecular formula is C16H24N2O4S. The van der Waals surface area contributed by atoms with Gasteiger partial charge in [-0.25, -0.2) is 8.42 Å². The second kappa shape index (κ2) is 7.31. The van der Waals surface area contributed by atoms with E-state index < -0.39 is 15.9 Å². The fourth-order valence-electron chi connectivity index (χ4n) is 2.57. The zero-order valence-electron chi connectivity index (χ0n) is 13.8. The van der Waals surface area contributed by atoms with E-state index >= 15 is 0 Å². The number of sulfonamides is 1. The van der Waals surface area contributed by atoms with Crippen LogP contribution in [-0.4, -0.2) is 50.8 Å². The minimum atomic E-state index is -3.57. The van der Waals surface area contributed by atoms with E-state index in [4.69, 9.17) is 4.74 Å². The maximum Gasteiger partial charge on any atom is 0.233 e. The molecule has 1 aromatic rings. The second-order valence-corrected chi connectivity index (χ2v) is 7.88. The maximum atomic E-state index is 12.4. The Morgan fingerprint density at radius 3 is 2.65 bits per heavy atom. The normalized spacial score (nSPS) is 20.1. The lowest BCUT2D eigenvalue weighted by molar-refractivity contribution is -0.141. The number of amides is 1. The standard InChI is InChI=1S/C16H24N2O4S/c1-12-4-6-15(7-5-12)17-23(20,21)11-13(2)16(19)18-8-9-22-14(3)10-18/h4-7,13-14,17H,8-11H2,1-3H3. The van der Waals surface area contributed by atoms with Gasteiger partial charge in [0.2, 0.25) is 15.9 Å². The highest BCUT2D eigenvalue weighted by molar-refractivity contribution is 7.92. The topological polar surface area (TPSA) is 75.7 Å². The summed E-state index contributed by atoms with van der Waals surface area (Å²) < 4.78 is 32.4. The number of morpholine rings is 1. The van der Waals surface area contributed by atoms with Gasteiger partial charge in [0.25, 0.3) is 0 Å². The molecule has 128 valence electrons. The number of carbonyl (C=O) groups excluding carboxylic acids is 1. The van der Waals surface area contributed by atoms with E-state index in [1.165, 1.54) is 0 Å². The molecule has 23 heavy (non-hydrogen) atoms. The molecule has 1 aliphatic rings. The number of carbonyl (C=O) groups is 1. The molecule has 2 rings (SSSR count). The van der Waals surface area contributed by atoms with Gasteiger partial charge >= 0.3 is 0 Å². The summed E-state index contributed by atoms with van der Waals surface area (Å²) in [6, 6.07) is 7.09. The van der Waals surface area contributed by atoms with Crippen LogP contribution in [0, 0.1) is 12.8 Å². The Morgan fingerprint density at radius 1 is 1.39 bits per heavy atom. The van der Waals surface area contributed by atoms with Crippen molar-refractivity contribution in [2.24, 2.45) is 5.92 Å². The second-order valence-electron chi connectivity index (χ2n) is 6.12. The van der Waals surface area contributed by atoms with Crippen LogP contribution >= 0.6 is 0 Å². The smallest absolute Gasteiger partial charge is 0.233 e. The first-order chi connectivity index (χ1) is 10.8. The third-order valence-electron chi connectivity index (χ3n) is 3.77. The molecule has 6 nitrogen and oxygen atoms in total. The van der Waals surface area contributed by atoms with Crippen LogP contribution in [0.4, 0.5) is 5.69 Å². The van der Waals surface area contributed by atoms with Crippen molar-refractivity contribution >= 4 is 21.6 Å². The predicted molar refractivity (Wildman–Crippen MR) is 89.7 cm³/mol. The van der Waals surface area contributed by atoms with Gasteiger partial charge in [-0.2, -0.15) is 0 Å². The fraction of sp³-hybridized carbons (Fsp3) is 0.562. The largest absolute Gasteiger partial charge is 0.375 e. The average Bonchev–Trinajstić information content (AvgIpc) is 2.48. The molecule has 2 atom stereocenters. The molecule has 1 N–H and O–H groups in total. The van der Waals surface area contributed by atoms with Gasteiger partial charge in [-0.1, -0.05) is 24.6 Å². The molecule has 0 spiro atoms. The van der Waals surface area contributed by atoms with Gasteiger partial charge in [0, 0.05) is 18.8 Å². The SMILES string of the molecule is Cc1ccc(NS(=O)(=O)CC(C)C(=O)N2CCOC(C)C2)cc1. The molecule has 2 unspecified atom stereocenters. The number of nitrogens with zero attached hydrogens (tertiary/aromatic N) is 1. The predicted octanol–water partition coefficient (Wildman–Crippen LogP) is 1.62. The quantitative estimate of drug-likeness (QED) is 0.884. The van der Waals surface area contributed by atoms with Crippen LogP contribution in [0.1, 0.15) is 19.4 Å². The molecule has 1 amide bonds. The highest BCUT2D eigenvalue weighted by Crippen LogP contribution is 2.15. The lowest BCUT2D eigenvalue weighted by Crippen LogP contribution is -2.47.